The molecular weight excluding hydrogens is 251 g/mol. The van der Waals surface area contributed by atoms with Gasteiger partial charge in [-0.25, -0.2) is 0 Å². The highest BCUT2D eigenvalue weighted by Gasteiger charge is 1.95. The lowest BCUT2D eigenvalue weighted by Crippen LogP contribution is -1.87. The van der Waals surface area contributed by atoms with E-state index in [1.165, 1.54) is 0 Å². The van der Waals surface area contributed by atoms with Crippen molar-refractivity contribution < 1.29 is 5.11 Å². The first-order valence-corrected chi connectivity index (χ1v) is 4.58. The monoisotopic (exact) mass is 260 g/mol. The molecule has 0 heterocycles. The summed E-state index contributed by atoms with van der Waals surface area (Å²) in [7, 11) is 0. The molecule has 1 nitrogen and oxygen atoms in total. The number of aliphatic hydroxyl groups excluding tert-OH is 1. The van der Waals surface area contributed by atoms with E-state index in [4.69, 9.17) is 5.11 Å². The lowest BCUT2D eigenvalue weighted by Gasteiger charge is -2.00. The minimum atomic E-state index is 0.104. The van der Waals surface area contributed by atoms with E-state index in [0.717, 1.165) is 11.1 Å². The van der Waals surface area contributed by atoms with Crippen molar-refractivity contribution >= 4 is 28.2 Å². The van der Waals surface area contributed by atoms with Crippen molar-refractivity contribution in [1.29, 1.82) is 0 Å². The van der Waals surface area contributed by atoms with Crippen LogP contribution in [0.1, 0.15) is 5.56 Å². The van der Waals surface area contributed by atoms with Crippen LogP contribution in [0.2, 0.25) is 0 Å². The Morgan fingerprint density at radius 3 is 2.45 bits per heavy atom. The predicted octanol–water partition coefficient (Wildman–Crippen LogP) is 2.45. The fourth-order valence-electron chi connectivity index (χ4n) is 0.841. The Bertz CT molecular complexity index is 241. The minimum absolute atomic E-state index is 0.104. The van der Waals surface area contributed by atoms with Crippen molar-refractivity contribution in [2.75, 3.05) is 6.61 Å². The van der Waals surface area contributed by atoms with E-state index in [1.54, 1.807) is 0 Å². The van der Waals surface area contributed by atoms with Crippen molar-refractivity contribution in [3.63, 3.8) is 0 Å². The Hall–Kier alpha value is -0.350. The summed E-state index contributed by atoms with van der Waals surface area (Å²) >= 11 is 2.13. The van der Waals surface area contributed by atoms with Gasteiger partial charge in [0.1, 0.15) is 0 Å². The Labute approximate surface area is 79.9 Å². The average molecular weight is 260 g/mol. The van der Waals surface area contributed by atoms with Gasteiger partial charge in [-0.3, -0.25) is 0 Å². The maximum atomic E-state index is 8.91. The Morgan fingerprint density at radius 1 is 1.36 bits per heavy atom. The summed E-state index contributed by atoms with van der Waals surface area (Å²) in [5, 5.41) is 8.91. The second kappa shape index (κ2) is 4.51. The normalized spacial score (nSPS) is 11.6. The first-order chi connectivity index (χ1) is 5.38. The van der Waals surface area contributed by atoms with Gasteiger partial charge in [0, 0.05) is 0 Å². The largest absolute Gasteiger partial charge is 0.392 e. The van der Waals surface area contributed by atoms with E-state index in [9.17, 15) is 0 Å². The van der Waals surface area contributed by atoms with E-state index in [-0.39, 0.29) is 6.61 Å². The lowest BCUT2D eigenvalue weighted by molar-refractivity contribution is 0.350. The number of rotatable bonds is 2. The van der Waals surface area contributed by atoms with E-state index >= 15 is 0 Å². The lowest BCUT2D eigenvalue weighted by atomic mass is 10.1. The number of hydrogen-bond donors (Lipinski definition) is 1. The molecule has 0 radical (unpaired) electrons. The summed E-state index contributed by atoms with van der Waals surface area (Å²) in [4.78, 5) is 0. The molecule has 0 unspecified atom stereocenters. The Morgan fingerprint density at radius 2 is 2.00 bits per heavy atom. The first-order valence-electron chi connectivity index (χ1n) is 3.34. The molecule has 0 aromatic heterocycles. The summed E-state index contributed by atoms with van der Waals surface area (Å²) in [6, 6.07) is 9.86. The van der Waals surface area contributed by atoms with Crippen molar-refractivity contribution in [3.05, 3.63) is 40.0 Å². The smallest absolute Gasteiger partial charge is 0.0692 e. The van der Waals surface area contributed by atoms with Gasteiger partial charge in [0.2, 0.25) is 0 Å². The summed E-state index contributed by atoms with van der Waals surface area (Å²) in [6.45, 7) is 0.104. The molecule has 1 N–H and O–H groups in total. The molecular formula is C9H9IO. The maximum absolute atomic E-state index is 8.91. The highest BCUT2D eigenvalue weighted by Crippen LogP contribution is 2.14. The molecule has 0 saturated heterocycles. The van der Waals surface area contributed by atoms with Crippen LogP contribution >= 0.6 is 22.6 Å². The molecule has 0 aliphatic rings. The van der Waals surface area contributed by atoms with Gasteiger partial charge >= 0.3 is 0 Å². The molecule has 1 aromatic rings. The van der Waals surface area contributed by atoms with Gasteiger partial charge in [0.05, 0.1) is 6.61 Å². The molecule has 0 bridgehead atoms. The van der Waals surface area contributed by atoms with Crippen LogP contribution < -0.4 is 0 Å². The van der Waals surface area contributed by atoms with Gasteiger partial charge < -0.3 is 5.11 Å². The molecule has 11 heavy (non-hydrogen) atoms. The predicted molar refractivity (Wildman–Crippen MR) is 55.5 cm³/mol. The standard InChI is InChI=1S/C9H9IO/c10-6-9(7-11)8-4-2-1-3-5-8/h1-6,11H,7H2/b9-6+. The summed E-state index contributed by atoms with van der Waals surface area (Å²) in [6.07, 6.45) is 0. The van der Waals surface area contributed by atoms with Crippen LogP contribution in [0.15, 0.2) is 34.4 Å². The first kappa shape index (κ1) is 8.74. The van der Waals surface area contributed by atoms with Crippen LogP contribution in [0.25, 0.3) is 5.57 Å². The van der Waals surface area contributed by atoms with E-state index in [2.05, 4.69) is 22.6 Å². The van der Waals surface area contributed by atoms with Gasteiger partial charge in [0.15, 0.2) is 0 Å². The molecule has 0 fully saturated rings. The maximum Gasteiger partial charge on any atom is 0.0692 e. The highest BCUT2D eigenvalue weighted by molar-refractivity contribution is 14.1. The molecule has 0 aliphatic heterocycles. The molecule has 0 atom stereocenters. The SMILES string of the molecule is OC/C(=C\I)c1ccccc1. The zero-order chi connectivity index (χ0) is 8.10. The van der Waals surface area contributed by atoms with Crippen LogP contribution in [-0.2, 0) is 0 Å². The number of aliphatic hydroxyl groups is 1. The van der Waals surface area contributed by atoms with Gasteiger partial charge in [-0.1, -0.05) is 52.9 Å². The van der Waals surface area contributed by atoms with Gasteiger partial charge in [-0.2, -0.15) is 0 Å². The summed E-state index contributed by atoms with van der Waals surface area (Å²) < 4.78 is 1.90. The number of benzene rings is 1. The molecule has 1 rings (SSSR count). The van der Waals surface area contributed by atoms with Crippen molar-refractivity contribution in [1.82, 2.24) is 0 Å². The summed E-state index contributed by atoms with van der Waals surface area (Å²) in [5.41, 5.74) is 2.05. The van der Waals surface area contributed by atoms with Gasteiger partial charge in [-0.15, -0.1) is 0 Å². The highest BCUT2D eigenvalue weighted by atomic mass is 127. The molecule has 1 aromatic carbocycles. The van der Waals surface area contributed by atoms with Crippen LogP contribution in [-0.4, -0.2) is 11.7 Å². The molecule has 0 saturated carbocycles. The number of hydrogen-bond acceptors (Lipinski definition) is 1. The van der Waals surface area contributed by atoms with Crippen LogP contribution in [0, 0.1) is 0 Å². The van der Waals surface area contributed by atoms with E-state index in [1.807, 2.05) is 34.4 Å². The molecule has 2 heteroatoms. The second-order valence-corrected chi connectivity index (χ2v) is 2.78. The topological polar surface area (TPSA) is 20.2 Å². The van der Waals surface area contributed by atoms with E-state index < -0.39 is 0 Å². The molecule has 0 aliphatic carbocycles. The molecule has 0 amide bonds. The van der Waals surface area contributed by atoms with E-state index in [0.29, 0.717) is 0 Å². The zero-order valence-electron chi connectivity index (χ0n) is 6.00. The van der Waals surface area contributed by atoms with Gasteiger partial charge in [-0.05, 0) is 15.2 Å². The zero-order valence-corrected chi connectivity index (χ0v) is 8.15. The van der Waals surface area contributed by atoms with Crippen LogP contribution in [0.3, 0.4) is 0 Å². The van der Waals surface area contributed by atoms with Crippen molar-refractivity contribution in [2.24, 2.45) is 0 Å². The summed E-state index contributed by atoms with van der Waals surface area (Å²) in [5.74, 6) is 0. The van der Waals surface area contributed by atoms with Crippen molar-refractivity contribution in [2.45, 2.75) is 0 Å². The fourth-order valence-corrected chi connectivity index (χ4v) is 1.40. The molecule has 58 valence electrons. The van der Waals surface area contributed by atoms with Crippen molar-refractivity contribution in [3.8, 4) is 0 Å². The quantitative estimate of drug-likeness (QED) is 0.810. The van der Waals surface area contributed by atoms with Crippen LogP contribution in [0.5, 0.6) is 0 Å². The van der Waals surface area contributed by atoms with Gasteiger partial charge in [0.25, 0.3) is 0 Å². The Balaban J connectivity index is 2.92. The second-order valence-electron chi connectivity index (χ2n) is 2.16. The Kier molecular flexibility index (Phi) is 3.59. The fraction of sp³-hybridized carbons (Fsp3) is 0.111. The number of halogens is 1. The minimum Gasteiger partial charge on any atom is -0.392 e. The third kappa shape index (κ3) is 2.31. The third-order valence-electron chi connectivity index (χ3n) is 1.45. The van der Waals surface area contributed by atoms with Crippen LogP contribution in [0.4, 0.5) is 0 Å². The molecule has 0 spiro atoms. The third-order valence-corrected chi connectivity index (χ3v) is 2.20. The average Bonchev–Trinajstić information content (AvgIpc) is 2.09.